The Hall–Kier alpha value is -0.280. The van der Waals surface area contributed by atoms with E-state index in [-0.39, 0.29) is 0 Å². The number of halogens is 2. The van der Waals surface area contributed by atoms with Gasteiger partial charge in [-0.15, -0.1) is 0 Å². The number of nitrogens with one attached hydrogen (secondary N) is 1. The van der Waals surface area contributed by atoms with Gasteiger partial charge in [0.05, 0.1) is 5.02 Å². The van der Waals surface area contributed by atoms with Gasteiger partial charge in [0.2, 0.25) is 0 Å². The van der Waals surface area contributed by atoms with Crippen molar-refractivity contribution in [1.29, 1.82) is 0 Å². The van der Waals surface area contributed by atoms with Gasteiger partial charge in [-0.05, 0) is 40.8 Å². The number of hydrogen-bond acceptors (Lipinski definition) is 2. The van der Waals surface area contributed by atoms with Crippen molar-refractivity contribution < 1.29 is 0 Å². The van der Waals surface area contributed by atoms with E-state index in [1.165, 1.54) is 19.3 Å². The molecule has 1 atom stereocenters. The molecule has 0 radical (unpaired) electrons. The second-order valence-electron chi connectivity index (χ2n) is 4.41. The van der Waals surface area contributed by atoms with E-state index in [1.807, 2.05) is 6.07 Å². The highest BCUT2D eigenvalue weighted by Gasteiger charge is 2.25. The van der Waals surface area contributed by atoms with E-state index in [2.05, 4.69) is 33.2 Å². The monoisotopic (exact) mass is 302 g/mol. The molecule has 2 nitrogen and oxygen atoms in total. The highest BCUT2D eigenvalue weighted by molar-refractivity contribution is 9.10. The summed E-state index contributed by atoms with van der Waals surface area (Å²) in [6.45, 7) is 2.20. The Morgan fingerprint density at radius 2 is 2.38 bits per heavy atom. The summed E-state index contributed by atoms with van der Waals surface area (Å²) in [5.41, 5.74) is 0. The molecule has 88 valence electrons. The Labute approximate surface area is 110 Å². The first kappa shape index (κ1) is 12.2. The minimum absolute atomic E-state index is 0.499. The van der Waals surface area contributed by atoms with Gasteiger partial charge in [0.1, 0.15) is 5.82 Å². The molecule has 1 saturated carbocycles. The van der Waals surface area contributed by atoms with E-state index in [0.717, 1.165) is 22.6 Å². The molecule has 1 unspecified atom stereocenters. The standard InChI is InChI=1S/C12H16BrClN2/c1-2-10(5-8-3-4-8)16-12-11(14)6-9(13)7-15-12/h6-8,10H,2-5H2,1H3,(H,15,16). The van der Waals surface area contributed by atoms with Crippen molar-refractivity contribution in [3.05, 3.63) is 21.8 Å². The minimum Gasteiger partial charge on any atom is -0.366 e. The molecule has 1 aromatic rings. The Kier molecular flexibility index (Phi) is 4.09. The van der Waals surface area contributed by atoms with E-state index < -0.39 is 0 Å². The number of anilines is 1. The summed E-state index contributed by atoms with van der Waals surface area (Å²) in [6, 6.07) is 2.37. The van der Waals surface area contributed by atoms with Gasteiger partial charge in [-0.3, -0.25) is 0 Å². The molecule has 16 heavy (non-hydrogen) atoms. The lowest BCUT2D eigenvalue weighted by Gasteiger charge is -2.18. The largest absolute Gasteiger partial charge is 0.366 e. The van der Waals surface area contributed by atoms with Crippen molar-refractivity contribution in [3.63, 3.8) is 0 Å². The summed E-state index contributed by atoms with van der Waals surface area (Å²) in [6.07, 6.45) is 6.91. The molecule has 2 rings (SSSR count). The second-order valence-corrected chi connectivity index (χ2v) is 5.74. The maximum atomic E-state index is 6.13. The van der Waals surface area contributed by atoms with Gasteiger partial charge in [0.15, 0.2) is 0 Å². The van der Waals surface area contributed by atoms with Crippen LogP contribution in [0.2, 0.25) is 5.02 Å². The molecule has 4 heteroatoms. The molecule has 1 aliphatic carbocycles. The third-order valence-electron chi connectivity index (χ3n) is 2.96. The van der Waals surface area contributed by atoms with Crippen LogP contribution in [0.3, 0.4) is 0 Å². The molecular weight excluding hydrogens is 288 g/mol. The predicted molar refractivity (Wildman–Crippen MR) is 72.0 cm³/mol. The maximum absolute atomic E-state index is 6.13. The van der Waals surface area contributed by atoms with Gasteiger partial charge in [-0.1, -0.05) is 31.4 Å². The number of pyridine rings is 1. The highest BCUT2D eigenvalue weighted by Crippen LogP contribution is 2.35. The fraction of sp³-hybridized carbons (Fsp3) is 0.583. The lowest BCUT2D eigenvalue weighted by molar-refractivity contribution is 0.585. The van der Waals surface area contributed by atoms with Crippen LogP contribution >= 0.6 is 27.5 Å². The van der Waals surface area contributed by atoms with Gasteiger partial charge in [0.25, 0.3) is 0 Å². The first-order valence-electron chi connectivity index (χ1n) is 5.76. The van der Waals surface area contributed by atoms with E-state index in [1.54, 1.807) is 6.20 Å². The van der Waals surface area contributed by atoms with Crippen LogP contribution in [0.1, 0.15) is 32.6 Å². The van der Waals surface area contributed by atoms with Crippen LogP contribution in [0.25, 0.3) is 0 Å². The molecule has 0 aromatic carbocycles. The van der Waals surface area contributed by atoms with Gasteiger partial charge < -0.3 is 5.32 Å². The van der Waals surface area contributed by atoms with Crippen molar-refractivity contribution in [2.75, 3.05) is 5.32 Å². The highest BCUT2D eigenvalue weighted by atomic mass is 79.9. The van der Waals surface area contributed by atoms with Crippen molar-refractivity contribution >= 4 is 33.3 Å². The van der Waals surface area contributed by atoms with Crippen molar-refractivity contribution in [1.82, 2.24) is 4.98 Å². The zero-order valence-corrected chi connectivity index (χ0v) is 11.7. The average molecular weight is 304 g/mol. The summed E-state index contributed by atoms with van der Waals surface area (Å²) in [4.78, 5) is 4.30. The van der Waals surface area contributed by atoms with Crippen LogP contribution in [0.5, 0.6) is 0 Å². The normalized spacial score (nSPS) is 17.2. The number of rotatable bonds is 5. The van der Waals surface area contributed by atoms with E-state index in [9.17, 15) is 0 Å². The first-order chi connectivity index (χ1) is 7.69. The SMILES string of the molecule is CCC(CC1CC1)Nc1ncc(Br)cc1Cl. The van der Waals surface area contributed by atoms with Crippen LogP contribution < -0.4 is 5.32 Å². The van der Waals surface area contributed by atoms with Crippen molar-refractivity contribution in [2.24, 2.45) is 5.92 Å². The van der Waals surface area contributed by atoms with Gasteiger partial charge in [-0.2, -0.15) is 0 Å². The summed E-state index contributed by atoms with van der Waals surface area (Å²) < 4.78 is 0.915. The Morgan fingerprint density at radius 3 is 2.94 bits per heavy atom. The fourth-order valence-corrected chi connectivity index (χ4v) is 2.48. The van der Waals surface area contributed by atoms with Crippen LogP contribution in [-0.2, 0) is 0 Å². The number of hydrogen-bond donors (Lipinski definition) is 1. The molecule has 0 aliphatic heterocycles. The van der Waals surface area contributed by atoms with Crippen LogP contribution in [0, 0.1) is 5.92 Å². The second kappa shape index (κ2) is 5.37. The average Bonchev–Trinajstić information content (AvgIpc) is 3.04. The Balaban J connectivity index is 1.99. The summed E-state index contributed by atoms with van der Waals surface area (Å²) >= 11 is 9.48. The van der Waals surface area contributed by atoms with Gasteiger partial charge in [0, 0.05) is 16.7 Å². The van der Waals surface area contributed by atoms with Crippen molar-refractivity contribution in [3.8, 4) is 0 Å². The molecule has 1 heterocycles. The van der Waals surface area contributed by atoms with Gasteiger partial charge >= 0.3 is 0 Å². The lowest BCUT2D eigenvalue weighted by atomic mass is 10.1. The van der Waals surface area contributed by atoms with E-state index in [0.29, 0.717) is 11.1 Å². The molecule has 1 aliphatic rings. The Bertz CT molecular complexity index is 366. The van der Waals surface area contributed by atoms with E-state index >= 15 is 0 Å². The van der Waals surface area contributed by atoms with Gasteiger partial charge in [-0.25, -0.2) is 4.98 Å². The number of nitrogens with zero attached hydrogens (tertiary/aromatic N) is 1. The van der Waals surface area contributed by atoms with Crippen LogP contribution in [0.15, 0.2) is 16.7 Å². The maximum Gasteiger partial charge on any atom is 0.145 e. The fourth-order valence-electron chi connectivity index (χ4n) is 1.80. The smallest absolute Gasteiger partial charge is 0.145 e. The zero-order chi connectivity index (χ0) is 11.5. The topological polar surface area (TPSA) is 24.9 Å². The van der Waals surface area contributed by atoms with Crippen LogP contribution in [-0.4, -0.2) is 11.0 Å². The molecule has 0 spiro atoms. The summed E-state index contributed by atoms with van der Waals surface area (Å²) in [5, 5.41) is 4.12. The zero-order valence-electron chi connectivity index (χ0n) is 9.34. The summed E-state index contributed by atoms with van der Waals surface area (Å²) in [7, 11) is 0. The third-order valence-corrected chi connectivity index (χ3v) is 3.68. The van der Waals surface area contributed by atoms with Crippen molar-refractivity contribution in [2.45, 2.75) is 38.6 Å². The van der Waals surface area contributed by atoms with Crippen LogP contribution in [0.4, 0.5) is 5.82 Å². The molecular formula is C12H16BrClN2. The molecule has 0 amide bonds. The van der Waals surface area contributed by atoms with E-state index in [4.69, 9.17) is 11.6 Å². The lowest BCUT2D eigenvalue weighted by Crippen LogP contribution is -2.20. The molecule has 0 saturated heterocycles. The minimum atomic E-state index is 0.499. The predicted octanol–water partition coefficient (Wildman–Crippen LogP) is 4.49. The third kappa shape index (κ3) is 3.36. The first-order valence-corrected chi connectivity index (χ1v) is 6.93. The molecule has 1 fully saturated rings. The number of aromatic nitrogens is 1. The molecule has 1 aromatic heterocycles. The molecule has 1 N–H and O–H groups in total. The molecule has 0 bridgehead atoms. The quantitative estimate of drug-likeness (QED) is 0.867. The summed E-state index contributed by atoms with van der Waals surface area (Å²) in [5.74, 6) is 1.73. The Morgan fingerprint density at radius 1 is 1.62 bits per heavy atom.